The zero-order chi connectivity index (χ0) is 27.2. The molecule has 5 rings (SSSR count). The Labute approximate surface area is 230 Å². The third-order valence-corrected chi connectivity index (χ3v) is 8.02. The van der Waals surface area contributed by atoms with E-state index in [9.17, 15) is 9.59 Å². The van der Waals surface area contributed by atoms with Gasteiger partial charge in [-0.1, -0.05) is 57.5 Å². The van der Waals surface area contributed by atoms with Gasteiger partial charge < -0.3 is 9.47 Å². The first-order valence-electron chi connectivity index (χ1n) is 13.5. The normalized spacial score (nSPS) is 23.9. The van der Waals surface area contributed by atoms with Crippen molar-refractivity contribution in [3.05, 3.63) is 69.9 Å². The molecule has 0 spiro atoms. The molecule has 1 aliphatic heterocycles. The van der Waals surface area contributed by atoms with Gasteiger partial charge in [0, 0.05) is 40.8 Å². The second-order valence-corrected chi connectivity index (χ2v) is 12.8. The number of ketones is 2. The molecule has 2 aromatic carbocycles. The molecular formula is C32H36ClNO4. The molecule has 0 aromatic heterocycles. The molecule has 6 heteroatoms. The number of halogens is 1. The summed E-state index contributed by atoms with van der Waals surface area (Å²) in [4.78, 5) is 32.2. The van der Waals surface area contributed by atoms with Crippen LogP contribution in [0.4, 0.5) is 0 Å². The molecule has 1 heterocycles. The number of allylic oxidation sites excluding steroid dienone is 2. The van der Waals surface area contributed by atoms with Crippen LogP contribution >= 0.6 is 11.6 Å². The number of aliphatic imine (C=N–C) groups is 1. The second-order valence-electron chi connectivity index (χ2n) is 12.4. The van der Waals surface area contributed by atoms with Crippen molar-refractivity contribution in [2.24, 2.45) is 21.7 Å². The van der Waals surface area contributed by atoms with Crippen LogP contribution < -0.4 is 9.47 Å². The van der Waals surface area contributed by atoms with E-state index in [1.807, 2.05) is 49.4 Å². The van der Waals surface area contributed by atoms with Gasteiger partial charge in [-0.05, 0) is 66.0 Å². The van der Waals surface area contributed by atoms with Crippen molar-refractivity contribution in [1.82, 2.24) is 0 Å². The van der Waals surface area contributed by atoms with E-state index in [2.05, 4.69) is 27.7 Å². The Bertz CT molecular complexity index is 1340. The Kier molecular flexibility index (Phi) is 7.02. The van der Waals surface area contributed by atoms with E-state index < -0.39 is 5.92 Å². The Morgan fingerprint density at radius 2 is 1.58 bits per heavy atom. The van der Waals surface area contributed by atoms with E-state index in [4.69, 9.17) is 26.1 Å². The fourth-order valence-corrected chi connectivity index (χ4v) is 6.34. The Morgan fingerprint density at radius 1 is 0.868 bits per heavy atom. The van der Waals surface area contributed by atoms with E-state index in [1.165, 1.54) is 0 Å². The van der Waals surface area contributed by atoms with Crippen molar-refractivity contribution in [2.45, 2.75) is 72.8 Å². The zero-order valence-electron chi connectivity index (χ0n) is 22.9. The predicted molar refractivity (Wildman–Crippen MR) is 150 cm³/mol. The maximum absolute atomic E-state index is 13.6. The first-order valence-corrected chi connectivity index (χ1v) is 13.8. The highest BCUT2D eigenvalue weighted by atomic mass is 35.5. The molecule has 5 nitrogen and oxygen atoms in total. The lowest BCUT2D eigenvalue weighted by Gasteiger charge is -2.44. The van der Waals surface area contributed by atoms with Crippen LogP contribution in [0.25, 0.3) is 0 Å². The molecule has 0 amide bonds. The largest absolute Gasteiger partial charge is 0.490 e. The minimum atomic E-state index is -0.415. The van der Waals surface area contributed by atoms with Gasteiger partial charge in [0.25, 0.3) is 0 Å². The Morgan fingerprint density at radius 3 is 2.29 bits per heavy atom. The van der Waals surface area contributed by atoms with Crippen LogP contribution in [0.5, 0.6) is 11.5 Å². The smallest absolute Gasteiger partial charge is 0.161 e. The molecule has 2 aromatic rings. The molecule has 2 unspecified atom stereocenters. The maximum Gasteiger partial charge on any atom is 0.161 e. The Hall–Kier alpha value is -2.92. The van der Waals surface area contributed by atoms with Gasteiger partial charge in [-0.3, -0.25) is 14.6 Å². The monoisotopic (exact) mass is 533 g/mol. The Balaban J connectivity index is 1.55. The molecule has 200 valence electrons. The van der Waals surface area contributed by atoms with Gasteiger partial charge in [-0.25, -0.2) is 0 Å². The number of ether oxygens (including phenoxy) is 2. The summed E-state index contributed by atoms with van der Waals surface area (Å²) < 4.78 is 12.1. The van der Waals surface area contributed by atoms with Crippen LogP contribution in [-0.4, -0.2) is 23.9 Å². The minimum absolute atomic E-state index is 0.0997. The molecule has 2 atom stereocenters. The van der Waals surface area contributed by atoms with Crippen LogP contribution in [0.2, 0.25) is 5.02 Å². The van der Waals surface area contributed by atoms with E-state index in [0.29, 0.717) is 48.2 Å². The summed E-state index contributed by atoms with van der Waals surface area (Å²) >= 11 is 6.01. The molecule has 38 heavy (non-hydrogen) atoms. The van der Waals surface area contributed by atoms with Crippen LogP contribution in [-0.2, 0) is 16.2 Å². The number of hydrogen-bond donors (Lipinski definition) is 0. The maximum atomic E-state index is 13.6. The van der Waals surface area contributed by atoms with Gasteiger partial charge >= 0.3 is 0 Å². The van der Waals surface area contributed by atoms with Gasteiger partial charge in [0.15, 0.2) is 17.3 Å². The third-order valence-electron chi connectivity index (χ3n) is 7.77. The van der Waals surface area contributed by atoms with Gasteiger partial charge in [0.1, 0.15) is 12.4 Å². The predicted octanol–water partition coefficient (Wildman–Crippen LogP) is 7.50. The number of carbonyl (C=O) groups excluding carboxylic acids is 2. The lowest BCUT2D eigenvalue weighted by atomic mass is 9.60. The number of benzene rings is 2. The van der Waals surface area contributed by atoms with Crippen molar-refractivity contribution in [1.29, 1.82) is 0 Å². The van der Waals surface area contributed by atoms with E-state index in [0.717, 1.165) is 35.4 Å². The summed E-state index contributed by atoms with van der Waals surface area (Å²) in [6.07, 6.45) is 2.43. The SMILES string of the molecule is CCOc1cc(C2C3=C(CC(C)(C)CC3=O)N=C3CC(C)(C)CC(=O)C32)ccc1OCc1ccc(Cl)cc1. The summed E-state index contributed by atoms with van der Waals surface area (Å²) in [5.41, 5.74) is 4.09. The molecule has 0 saturated heterocycles. The summed E-state index contributed by atoms with van der Waals surface area (Å²) in [5, 5.41) is 0.679. The van der Waals surface area contributed by atoms with Crippen LogP contribution in [0.3, 0.4) is 0 Å². The third kappa shape index (κ3) is 5.31. The van der Waals surface area contributed by atoms with Gasteiger partial charge in [-0.2, -0.15) is 0 Å². The summed E-state index contributed by atoms with van der Waals surface area (Å²) in [7, 11) is 0. The molecule has 0 bridgehead atoms. The first kappa shape index (κ1) is 26.7. The first-order chi connectivity index (χ1) is 18.0. The fourth-order valence-electron chi connectivity index (χ4n) is 6.22. The quantitative estimate of drug-likeness (QED) is 0.385. The molecule has 1 saturated carbocycles. The van der Waals surface area contributed by atoms with Crippen molar-refractivity contribution < 1.29 is 19.1 Å². The van der Waals surface area contributed by atoms with Gasteiger partial charge in [-0.15, -0.1) is 0 Å². The van der Waals surface area contributed by atoms with Crippen LogP contribution in [0.15, 0.2) is 58.7 Å². The topological polar surface area (TPSA) is 65.0 Å². The highest BCUT2D eigenvalue weighted by Crippen LogP contribution is 2.52. The van der Waals surface area contributed by atoms with Gasteiger partial charge in [0.05, 0.1) is 12.5 Å². The summed E-state index contributed by atoms with van der Waals surface area (Å²) in [5.74, 6) is 0.725. The van der Waals surface area contributed by atoms with Crippen molar-refractivity contribution in [3.8, 4) is 11.5 Å². The van der Waals surface area contributed by atoms with E-state index in [1.54, 1.807) is 0 Å². The number of fused-ring (bicyclic) bond motifs is 1. The molecule has 1 fully saturated rings. The van der Waals surface area contributed by atoms with Crippen LogP contribution in [0.1, 0.15) is 77.3 Å². The number of carbonyl (C=O) groups is 2. The second kappa shape index (κ2) is 10.00. The molecule has 0 radical (unpaired) electrons. The van der Waals surface area contributed by atoms with E-state index in [-0.39, 0.29) is 28.3 Å². The van der Waals surface area contributed by atoms with Crippen LogP contribution in [0, 0.1) is 16.7 Å². The number of nitrogens with zero attached hydrogens (tertiary/aromatic N) is 1. The van der Waals surface area contributed by atoms with Crippen molar-refractivity contribution >= 4 is 28.9 Å². The molecule has 3 aliphatic rings. The highest BCUT2D eigenvalue weighted by molar-refractivity contribution is 6.30. The lowest BCUT2D eigenvalue weighted by Crippen LogP contribution is -2.45. The average Bonchev–Trinajstić information content (AvgIpc) is 2.81. The van der Waals surface area contributed by atoms with Crippen molar-refractivity contribution in [2.75, 3.05) is 6.61 Å². The summed E-state index contributed by atoms with van der Waals surface area (Å²) in [6.45, 7) is 11.3. The van der Waals surface area contributed by atoms with E-state index >= 15 is 0 Å². The minimum Gasteiger partial charge on any atom is -0.490 e. The standard InChI is InChI=1S/C32H36ClNO4/c1-6-37-27-13-20(9-12-26(27)38-18-19-7-10-21(33)11-8-19)28-29-22(14-31(2,3)16-24(29)35)34-23-15-32(4,5)17-25(36)30(23)28/h7-13,28-29H,6,14-18H2,1-5H3. The van der Waals surface area contributed by atoms with Gasteiger partial charge in [0.2, 0.25) is 0 Å². The highest BCUT2D eigenvalue weighted by Gasteiger charge is 2.49. The number of Topliss-reactive ketones (excluding diaryl/α,β-unsaturated/α-hetero) is 2. The lowest BCUT2D eigenvalue weighted by molar-refractivity contribution is -0.124. The molecular weight excluding hydrogens is 498 g/mol. The fraction of sp³-hybridized carbons (Fsp3) is 0.469. The average molecular weight is 534 g/mol. The van der Waals surface area contributed by atoms with Crippen molar-refractivity contribution in [3.63, 3.8) is 0 Å². The zero-order valence-corrected chi connectivity index (χ0v) is 23.7. The molecule has 2 aliphatic carbocycles. The molecule has 0 N–H and O–H groups in total. The number of rotatable bonds is 6. The summed E-state index contributed by atoms with van der Waals surface area (Å²) in [6, 6.07) is 13.4. The number of hydrogen-bond acceptors (Lipinski definition) is 5.